The van der Waals surface area contributed by atoms with E-state index < -0.39 is 5.76 Å². The second kappa shape index (κ2) is 2.61. The Morgan fingerprint density at radius 2 is 2.45 bits per heavy atom. The van der Waals surface area contributed by atoms with Crippen molar-refractivity contribution in [3.05, 3.63) is 16.8 Å². The average molecular weight is 157 g/mol. The van der Waals surface area contributed by atoms with E-state index >= 15 is 0 Å². The third-order valence-corrected chi connectivity index (χ3v) is 1.14. The number of rotatable bonds is 2. The zero-order valence-electron chi connectivity index (χ0n) is 5.90. The number of aromatic hydroxyl groups is 1. The number of hydrogen-bond donors (Lipinski definition) is 1. The SMILES string of the molecule is CC(=O)Cn1c(O)coc1=O. The fraction of sp³-hybridized carbons (Fsp3) is 0.333. The number of hydrogen-bond acceptors (Lipinski definition) is 4. The van der Waals surface area contributed by atoms with Gasteiger partial charge in [-0.3, -0.25) is 4.79 Å². The molecule has 1 aromatic heterocycles. The van der Waals surface area contributed by atoms with Gasteiger partial charge in [0.25, 0.3) is 0 Å². The van der Waals surface area contributed by atoms with Gasteiger partial charge in [-0.2, -0.15) is 0 Å². The van der Waals surface area contributed by atoms with E-state index in [-0.39, 0.29) is 18.2 Å². The van der Waals surface area contributed by atoms with Crippen molar-refractivity contribution < 1.29 is 14.3 Å². The maximum absolute atomic E-state index is 10.7. The molecular formula is C6H7NO4. The summed E-state index contributed by atoms with van der Waals surface area (Å²) >= 11 is 0. The monoisotopic (exact) mass is 157 g/mol. The van der Waals surface area contributed by atoms with Crippen molar-refractivity contribution in [2.24, 2.45) is 0 Å². The van der Waals surface area contributed by atoms with Gasteiger partial charge in [0.1, 0.15) is 5.78 Å². The standard InChI is InChI=1S/C6H7NO4/c1-4(8)2-7-5(9)3-11-6(7)10/h3,9H,2H2,1H3. The third kappa shape index (κ3) is 1.49. The Kier molecular flexibility index (Phi) is 1.80. The molecule has 0 fully saturated rings. The van der Waals surface area contributed by atoms with Crippen molar-refractivity contribution in [1.82, 2.24) is 4.57 Å². The number of ketones is 1. The lowest BCUT2D eigenvalue weighted by Crippen LogP contribution is -2.17. The lowest BCUT2D eigenvalue weighted by molar-refractivity contribution is -0.117. The quantitative estimate of drug-likeness (QED) is 0.641. The molecule has 0 aliphatic rings. The minimum Gasteiger partial charge on any atom is -0.492 e. The molecule has 0 radical (unpaired) electrons. The molecular weight excluding hydrogens is 150 g/mol. The molecule has 0 aliphatic carbocycles. The van der Waals surface area contributed by atoms with E-state index in [1.165, 1.54) is 6.92 Å². The van der Waals surface area contributed by atoms with E-state index in [0.29, 0.717) is 0 Å². The van der Waals surface area contributed by atoms with Crippen molar-refractivity contribution in [1.29, 1.82) is 0 Å². The molecule has 0 unspecified atom stereocenters. The minimum atomic E-state index is -0.724. The van der Waals surface area contributed by atoms with Gasteiger partial charge >= 0.3 is 5.76 Å². The first-order valence-electron chi connectivity index (χ1n) is 2.98. The van der Waals surface area contributed by atoms with Crippen LogP contribution in [0.3, 0.4) is 0 Å². The van der Waals surface area contributed by atoms with Crippen molar-refractivity contribution in [3.63, 3.8) is 0 Å². The van der Waals surface area contributed by atoms with E-state index in [9.17, 15) is 9.59 Å². The van der Waals surface area contributed by atoms with Crippen LogP contribution in [-0.4, -0.2) is 15.5 Å². The highest BCUT2D eigenvalue weighted by Gasteiger charge is 2.07. The van der Waals surface area contributed by atoms with Crippen LogP contribution in [0.5, 0.6) is 5.88 Å². The normalized spacial score (nSPS) is 9.91. The van der Waals surface area contributed by atoms with Crippen LogP contribution in [0.1, 0.15) is 6.92 Å². The molecule has 11 heavy (non-hydrogen) atoms. The third-order valence-electron chi connectivity index (χ3n) is 1.14. The largest absolute Gasteiger partial charge is 0.492 e. The molecule has 1 rings (SSSR count). The number of carbonyl (C=O) groups is 1. The fourth-order valence-corrected chi connectivity index (χ4v) is 0.692. The summed E-state index contributed by atoms with van der Waals surface area (Å²) in [6.07, 6.45) is 0.894. The van der Waals surface area contributed by atoms with Crippen molar-refractivity contribution in [2.45, 2.75) is 13.5 Å². The van der Waals surface area contributed by atoms with Crippen LogP contribution in [0.15, 0.2) is 15.5 Å². The highest BCUT2D eigenvalue weighted by atomic mass is 16.4. The molecule has 5 nitrogen and oxygen atoms in total. The number of carbonyl (C=O) groups excluding carboxylic acids is 1. The number of aromatic nitrogens is 1. The molecule has 1 heterocycles. The van der Waals surface area contributed by atoms with Crippen molar-refractivity contribution >= 4 is 5.78 Å². The fourth-order valence-electron chi connectivity index (χ4n) is 0.692. The Balaban J connectivity index is 3.01. The van der Waals surface area contributed by atoms with E-state index in [0.717, 1.165) is 10.8 Å². The predicted molar refractivity (Wildman–Crippen MR) is 35.3 cm³/mol. The lowest BCUT2D eigenvalue weighted by atomic mass is 10.4. The Morgan fingerprint density at radius 3 is 2.82 bits per heavy atom. The predicted octanol–water partition coefficient (Wildman–Crippen LogP) is -0.264. The second-order valence-corrected chi connectivity index (χ2v) is 2.15. The first-order valence-corrected chi connectivity index (χ1v) is 2.98. The summed E-state index contributed by atoms with van der Waals surface area (Å²) in [4.78, 5) is 21.2. The molecule has 0 saturated carbocycles. The molecule has 5 heteroatoms. The van der Waals surface area contributed by atoms with Gasteiger partial charge in [0, 0.05) is 0 Å². The zero-order chi connectivity index (χ0) is 8.43. The first-order chi connectivity index (χ1) is 5.11. The summed E-state index contributed by atoms with van der Waals surface area (Å²) in [6, 6.07) is 0. The lowest BCUT2D eigenvalue weighted by Gasteiger charge is -1.94. The maximum Gasteiger partial charge on any atom is 0.422 e. The zero-order valence-corrected chi connectivity index (χ0v) is 5.90. The summed E-state index contributed by atoms with van der Waals surface area (Å²) in [5.41, 5.74) is 0. The molecule has 1 N–H and O–H groups in total. The molecule has 0 bridgehead atoms. The van der Waals surface area contributed by atoms with Gasteiger partial charge < -0.3 is 9.52 Å². The summed E-state index contributed by atoms with van der Waals surface area (Å²) < 4.78 is 5.15. The Bertz CT molecular complexity index is 322. The molecule has 0 aliphatic heterocycles. The van der Waals surface area contributed by atoms with Gasteiger partial charge in [0.05, 0.1) is 6.54 Å². The molecule has 1 aromatic rings. The van der Waals surface area contributed by atoms with Gasteiger partial charge in [-0.25, -0.2) is 9.36 Å². The van der Waals surface area contributed by atoms with Gasteiger partial charge in [-0.15, -0.1) is 0 Å². The van der Waals surface area contributed by atoms with Crippen LogP contribution in [0.25, 0.3) is 0 Å². The molecule has 0 spiro atoms. The van der Waals surface area contributed by atoms with Crippen LogP contribution < -0.4 is 5.76 Å². The highest BCUT2D eigenvalue weighted by Crippen LogP contribution is 2.03. The van der Waals surface area contributed by atoms with Crippen molar-refractivity contribution in [3.8, 4) is 5.88 Å². The summed E-state index contributed by atoms with van der Waals surface area (Å²) in [5.74, 6) is -1.27. The molecule has 0 atom stereocenters. The van der Waals surface area contributed by atoms with Crippen molar-refractivity contribution in [2.75, 3.05) is 0 Å². The van der Waals surface area contributed by atoms with Gasteiger partial charge in [-0.1, -0.05) is 0 Å². The minimum absolute atomic E-state index is 0.152. The topological polar surface area (TPSA) is 72.4 Å². The van der Waals surface area contributed by atoms with E-state index in [1.54, 1.807) is 0 Å². The van der Waals surface area contributed by atoms with Crippen LogP contribution in [-0.2, 0) is 11.3 Å². The maximum atomic E-state index is 10.7. The smallest absolute Gasteiger partial charge is 0.422 e. The summed E-state index contributed by atoms with van der Waals surface area (Å²) in [7, 11) is 0. The van der Waals surface area contributed by atoms with Gasteiger partial charge in [0.15, 0.2) is 6.26 Å². The van der Waals surface area contributed by atoms with Gasteiger partial charge in [-0.05, 0) is 6.92 Å². The first kappa shape index (κ1) is 7.59. The van der Waals surface area contributed by atoms with E-state index in [4.69, 9.17) is 5.11 Å². The summed E-state index contributed by atoms with van der Waals surface area (Å²) in [6.45, 7) is 1.17. The summed E-state index contributed by atoms with van der Waals surface area (Å²) in [5, 5.41) is 8.90. The van der Waals surface area contributed by atoms with E-state index in [1.807, 2.05) is 0 Å². The van der Waals surface area contributed by atoms with Crippen LogP contribution in [0.4, 0.5) is 0 Å². The number of oxazole rings is 1. The van der Waals surface area contributed by atoms with Crippen LogP contribution >= 0.6 is 0 Å². The molecule has 0 saturated heterocycles. The van der Waals surface area contributed by atoms with Crippen LogP contribution in [0, 0.1) is 0 Å². The highest BCUT2D eigenvalue weighted by molar-refractivity contribution is 5.75. The number of Topliss-reactive ketones (excluding diaryl/α,β-unsaturated/α-hetero) is 1. The molecule has 0 aromatic carbocycles. The Morgan fingerprint density at radius 1 is 1.82 bits per heavy atom. The average Bonchev–Trinajstić information content (AvgIpc) is 2.18. The van der Waals surface area contributed by atoms with E-state index in [2.05, 4.69) is 4.42 Å². The van der Waals surface area contributed by atoms with Gasteiger partial charge in [0.2, 0.25) is 5.88 Å². The number of nitrogens with zero attached hydrogens (tertiary/aromatic N) is 1. The Labute approximate surface area is 61.9 Å². The molecule has 60 valence electrons. The Hall–Kier alpha value is -1.52. The second-order valence-electron chi connectivity index (χ2n) is 2.15. The van der Waals surface area contributed by atoms with Crippen LogP contribution in [0.2, 0.25) is 0 Å². The molecule has 0 amide bonds.